The van der Waals surface area contributed by atoms with Crippen LogP contribution in [0.25, 0.3) is 0 Å². The van der Waals surface area contributed by atoms with Gasteiger partial charge in [-0.05, 0) is 6.92 Å². The van der Waals surface area contributed by atoms with E-state index in [1.807, 2.05) is 29.2 Å². The quantitative estimate of drug-likeness (QED) is 0.735. The average molecular weight is 368 g/mol. The van der Waals surface area contributed by atoms with Crippen molar-refractivity contribution in [2.75, 3.05) is 23.4 Å². The Hall–Kier alpha value is -3.23. The molecule has 3 aliphatic rings. The molecule has 9 heteroatoms. The molecule has 1 fully saturated rings. The third-order valence-electron chi connectivity index (χ3n) is 4.58. The lowest BCUT2D eigenvalue weighted by molar-refractivity contribution is -0.119. The van der Waals surface area contributed by atoms with Gasteiger partial charge in [0, 0.05) is 19.2 Å². The second-order valence-corrected chi connectivity index (χ2v) is 6.42. The summed E-state index contributed by atoms with van der Waals surface area (Å²) in [7, 11) is 0. The minimum absolute atomic E-state index is 0.00971. The summed E-state index contributed by atoms with van der Waals surface area (Å²) >= 11 is 0. The molecule has 1 aromatic rings. The molecule has 1 saturated heterocycles. The van der Waals surface area contributed by atoms with Crippen molar-refractivity contribution in [3.63, 3.8) is 0 Å². The topological polar surface area (TPSA) is 109 Å². The number of aliphatic imine (C=N–C) groups is 1. The minimum atomic E-state index is -0.482. The van der Waals surface area contributed by atoms with Crippen molar-refractivity contribution in [2.24, 2.45) is 4.99 Å². The number of hydrogen-bond donors (Lipinski definition) is 2. The number of anilines is 2. The zero-order valence-corrected chi connectivity index (χ0v) is 14.8. The van der Waals surface area contributed by atoms with Crippen molar-refractivity contribution in [1.82, 2.24) is 15.3 Å². The van der Waals surface area contributed by atoms with Gasteiger partial charge in [0.25, 0.3) is 0 Å². The second kappa shape index (κ2) is 7.18. The summed E-state index contributed by atoms with van der Waals surface area (Å²) in [6.07, 6.45) is 11.4. The molecule has 3 atom stereocenters. The van der Waals surface area contributed by atoms with Gasteiger partial charge < -0.3 is 20.3 Å². The van der Waals surface area contributed by atoms with E-state index >= 15 is 0 Å². The fourth-order valence-corrected chi connectivity index (χ4v) is 3.28. The Bertz CT molecular complexity index is 849. The Morgan fingerprint density at radius 3 is 3.04 bits per heavy atom. The lowest BCUT2D eigenvalue weighted by Crippen LogP contribution is -2.37. The van der Waals surface area contributed by atoms with Gasteiger partial charge in [-0.1, -0.05) is 24.3 Å². The number of carbonyl (C=O) groups is 2. The summed E-state index contributed by atoms with van der Waals surface area (Å²) in [5, 5.41) is 5.91. The Balaban J connectivity index is 1.65. The van der Waals surface area contributed by atoms with E-state index in [1.165, 1.54) is 6.20 Å². The fourth-order valence-electron chi connectivity index (χ4n) is 3.28. The zero-order chi connectivity index (χ0) is 18.8. The molecule has 140 valence electrons. The lowest BCUT2D eigenvalue weighted by Gasteiger charge is -2.26. The van der Waals surface area contributed by atoms with Crippen LogP contribution in [0.1, 0.15) is 23.7 Å². The smallest absolute Gasteiger partial charge is 0.343 e. The number of carbonyl (C=O) groups excluding carboxylic acids is 2. The maximum Gasteiger partial charge on any atom is 0.343 e. The van der Waals surface area contributed by atoms with E-state index in [1.54, 1.807) is 13.3 Å². The molecule has 27 heavy (non-hydrogen) atoms. The van der Waals surface area contributed by atoms with Crippen LogP contribution in [0.3, 0.4) is 0 Å². The van der Waals surface area contributed by atoms with E-state index in [0.717, 1.165) is 0 Å². The molecular weight excluding hydrogens is 348 g/mol. The molecule has 0 saturated carbocycles. The largest absolute Gasteiger partial charge is 0.462 e. The first-order valence-corrected chi connectivity index (χ1v) is 8.89. The van der Waals surface area contributed by atoms with Gasteiger partial charge in [0.1, 0.15) is 5.56 Å². The Morgan fingerprint density at radius 2 is 2.26 bits per heavy atom. The van der Waals surface area contributed by atoms with E-state index in [0.29, 0.717) is 24.7 Å². The van der Waals surface area contributed by atoms with Crippen molar-refractivity contribution >= 4 is 30.0 Å². The molecule has 0 spiro atoms. The number of aromatic nitrogens is 2. The maximum atomic E-state index is 12.4. The number of allylic oxidation sites excluding steroid dienone is 2. The first-order chi connectivity index (χ1) is 13.2. The van der Waals surface area contributed by atoms with Gasteiger partial charge in [-0.25, -0.2) is 9.78 Å². The average Bonchev–Trinajstić information content (AvgIpc) is 3.28. The van der Waals surface area contributed by atoms with Crippen LogP contribution in [0.5, 0.6) is 0 Å². The Morgan fingerprint density at radius 1 is 1.41 bits per heavy atom. The third-order valence-corrected chi connectivity index (χ3v) is 4.58. The number of amides is 1. The SMILES string of the molecule is CCOC(=O)c1cnc(NC2CNC(=O)C2)nc1N1C=NC2C=CC=CC21. The van der Waals surface area contributed by atoms with Gasteiger partial charge in [-0.2, -0.15) is 4.98 Å². The van der Waals surface area contributed by atoms with Crippen LogP contribution in [0, 0.1) is 0 Å². The molecule has 2 N–H and O–H groups in total. The van der Waals surface area contributed by atoms with E-state index in [9.17, 15) is 9.59 Å². The highest BCUT2D eigenvalue weighted by atomic mass is 16.5. The normalized spacial score (nSPS) is 25.4. The van der Waals surface area contributed by atoms with Gasteiger partial charge in [0.05, 0.1) is 31.1 Å². The van der Waals surface area contributed by atoms with Crippen LogP contribution < -0.4 is 15.5 Å². The van der Waals surface area contributed by atoms with Crippen LogP contribution in [-0.2, 0) is 9.53 Å². The molecule has 4 rings (SSSR count). The molecule has 0 radical (unpaired) electrons. The monoisotopic (exact) mass is 368 g/mol. The summed E-state index contributed by atoms with van der Waals surface area (Å²) in [4.78, 5) is 38.9. The fraction of sp³-hybridized carbons (Fsp3) is 0.389. The first-order valence-electron chi connectivity index (χ1n) is 8.89. The molecule has 1 aliphatic carbocycles. The van der Waals surface area contributed by atoms with Crippen molar-refractivity contribution < 1.29 is 14.3 Å². The van der Waals surface area contributed by atoms with E-state index in [2.05, 4.69) is 25.6 Å². The van der Waals surface area contributed by atoms with Crippen molar-refractivity contribution in [3.8, 4) is 0 Å². The number of hydrogen-bond acceptors (Lipinski definition) is 8. The molecule has 3 heterocycles. The number of esters is 1. The number of fused-ring (bicyclic) bond motifs is 1. The first kappa shape index (κ1) is 17.2. The number of nitrogens with zero attached hydrogens (tertiary/aromatic N) is 4. The predicted octanol–water partition coefficient (Wildman–Crippen LogP) is 0.665. The van der Waals surface area contributed by atoms with Crippen molar-refractivity contribution in [1.29, 1.82) is 0 Å². The summed E-state index contributed by atoms with van der Waals surface area (Å²) in [6, 6.07) is -0.162. The standard InChI is InChI=1S/C18H20N6O3/c1-2-27-17(26)12-9-20-18(22-11-7-15(25)19-8-11)23-16(12)24-10-21-13-5-3-4-6-14(13)24/h3-6,9-11,13-14H,2,7-8H2,1H3,(H,19,25)(H,20,22,23). The summed E-state index contributed by atoms with van der Waals surface area (Å²) in [6.45, 7) is 2.53. The highest BCUT2D eigenvalue weighted by Crippen LogP contribution is 2.28. The summed E-state index contributed by atoms with van der Waals surface area (Å²) in [5.74, 6) is 0.291. The number of nitrogens with one attached hydrogen (secondary N) is 2. The third kappa shape index (κ3) is 3.40. The number of rotatable bonds is 5. The highest BCUT2D eigenvalue weighted by molar-refractivity contribution is 5.98. The minimum Gasteiger partial charge on any atom is -0.462 e. The lowest BCUT2D eigenvalue weighted by atomic mass is 10.0. The molecule has 0 bridgehead atoms. The van der Waals surface area contributed by atoms with Gasteiger partial charge >= 0.3 is 5.97 Å². The highest BCUT2D eigenvalue weighted by Gasteiger charge is 2.33. The summed E-state index contributed by atoms with van der Waals surface area (Å²) < 4.78 is 5.15. The Labute approximate surface area is 156 Å². The molecular formula is C18H20N6O3. The van der Waals surface area contributed by atoms with Crippen molar-refractivity contribution in [2.45, 2.75) is 31.5 Å². The van der Waals surface area contributed by atoms with Gasteiger partial charge in [0.2, 0.25) is 11.9 Å². The van der Waals surface area contributed by atoms with Gasteiger partial charge in [0.15, 0.2) is 5.82 Å². The van der Waals surface area contributed by atoms with Gasteiger partial charge in [-0.3, -0.25) is 9.79 Å². The Kier molecular flexibility index (Phi) is 4.57. The van der Waals surface area contributed by atoms with E-state index in [4.69, 9.17) is 4.74 Å². The molecule has 9 nitrogen and oxygen atoms in total. The molecule has 1 amide bonds. The van der Waals surface area contributed by atoms with Crippen LogP contribution >= 0.6 is 0 Å². The molecule has 0 aromatic carbocycles. The molecule has 1 aromatic heterocycles. The van der Waals surface area contributed by atoms with Crippen molar-refractivity contribution in [3.05, 3.63) is 36.1 Å². The second-order valence-electron chi connectivity index (χ2n) is 6.42. The number of ether oxygens (including phenoxy) is 1. The van der Waals surface area contributed by atoms with E-state index < -0.39 is 5.97 Å². The van der Waals surface area contributed by atoms with Crippen LogP contribution in [0.4, 0.5) is 11.8 Å². The maximum absolute atomic E-state index is 12.4. The van der Waals surface area contributed by atoms with Gasteiger partial charge in [-0.15, -0.1) is 0 Å². The molecule has 2 aliphatic heterocycles. The van der Waals surface area contributed by atoms with E-state index in [-0.39, 0.29) is 36.2 Å². The predicted molar refractivity (Wildman–Crippen MR) is 99.9 cm³/mol. The summed E-state index contributed by atoms with van der Waals surface area (Å²) in [5.41, 5.74) is 0.276. The molecule has 3 unspecified atom stereocenters. The van der Waals surface area contributed by atoms with Crippen LogP contribution in [0.15, 0.2) is 35.5 Å². The zero-order valence-electron chi connectivity index (χ0n) is 14.8. The van der Waals surface area contributed by atoms with Crippen LogP contribution in [-0.4, -0.2) is 59.5 Å². The van der Waals surface area contributed by atoms with Crippen LogP contribution in [0.2, 0.25) is 0 Å².